The van der Waals surface area contributed by atoms with E-state index in [1.165, 1.54) is 0 Å². The van der Waals surface area contributed by atoms with Crippen LogP contribution in [0.4, 0.5) is 13.2 Å². The van der Waals surface area contributed by atoms with Gasteiger partial charge in [-0.25, -0.2) is 13.2 Å². The van der Waals surface area contributed by atoms with E-state index < -0.39 is 17.5 Å². The molecular formula is C12H10F3NO. The fraction of sp³-hybridized carbons (Fsp3) is 0.167. The number of rotatable bonds is 3. The van der Waals surface area contributed by atoms with Gasteiger partial charge in [0.2, 0.25) is 0 Å². The molecule has 0 fully saturated rings. The SMILES string of the molecule is CNCc1ccc(-c2cc(F)c(F)c(F)c2)o1. The van der Waals surface area contributed by atoms with Gasteiger partial charge in [-0.05, 0) is 31.3 Å². The van der Waals surface area contributed by atoms with Crippen LogP contribution in [0.15, 0.2) is 28.7 Å². The van der Waals surface area contributed by atoms with Crippen molar-refractivity contribution in [2.24, 2.45) is 0 Å². The molecule has 0 aliphatic carbocycles. The Kier molecular flexibility index (Phi) is 3.19. The van der Waals surface area contributed by atoms with Gasteiger partial charge in [-0.2, -0.15) is 0 Å². The van der Waals surface area contributed by atoms with Crippen LogP contribution in [0, 0.1) is 17.5 Å². The highest BCUT2D eigenvalue weighted by Gasteiger charge is 2.13. The van der Waals surface area contributed by atoms with E-state index >= 15 is 0 Å². The monoisotopic (exact) mass is 241 g/mol. The minimum Gasteiger partial charge on any atom is -0.460 e. The molecule has 0 saturated carbocycles. The Morgan fingerprint density at radius 2 is 1.76 bits per heavy atom. The van der Waals surface area contributed by atoms with E-state index in [2.05, 4.69) is 5.32 Å². The molecule has 0 spiro atoms. The van der Waals surface area contributed by atoms with Crippen LogP contribution in [-0.2, 0) is 6.54 Å². The van der Waals surface area contributed by atoms with Crippen molar-refractivity contribution in [2.75, 3.05) is 7.05 Å². The molecule has 2 rings (SSSR count). The molecule has 0 aliphatic rings. The van der Waals surface area contributed by atoms with E-state index in [4.69, 9.17) is 4.42 Å². The number of halogens is 3. The highest BCUT2D eigenvalue weighted by molar-refractivity contribution is 5.57. The summed E-state index contributed by atoms with van der Waals surface area (Å²) >= 11 is 0. The first-order valence-electron chi connectivity index (χ1n) is 5.00. The fourth-order valence-electron chi connectivity index (χ4n) is 1.50. The molecule has 0 atom stereocenters. The summed E-state index contributed by atoms with van der Waals surface area (Å²) in [6.45, 7) is 0.506. The third-order valence-electron chi connectivity index (χ3n) is 2.28. The predicted octanol–water partition coefficient (Wildman–Crippen LogP) is 3.08. The van der Waals surface area contributed by atoms with Crippen molar-refractivity contribution in [1.29, 1.82) is 0 Å². The number of nitrogens with one attached hydrogen (secondary N) is 1. The molecule has 5 heteroatoms. The van der Waals surface area contributed by atoms with Crippen LogP contribution in [0.2, 0.25) is 0 Å². The van der Waals surface area contributed by atoms with Crippen molar-refractivity contribution in [3.05, 3.63) is 47.5 Å². The topological polar surface area (TPSA) is 25.2 Å². The van der Waals surface area contributed by atoms with Crippen molar-refractivity contribution >= 4 is 0 Å². The molecule has 0 radical (unpaired) electrons. The predicted molar refractivity (Wildman–Crippen MR) is 56.8 cm³/mol. The summed E-state index contributed by atoms with van der Waals surface area (Å²) < 4.78 is 44.1. The van der Waals surface area contributed by atoms with Crippen LogP contribution in [0.1, 0.15) is 5.76 Å². The minimum absolute atomic E-state index is 0.170. The van der Waals surface area contributed by atoms with E-state index in [1.807, 2.05) is 0 Å². The van der Waals surface area contributed by atoms with Crippen molar-refractivity contribution < 1.29 is 17.6 Å². The maximum Gasteiger partial charge on any atom is 0.194 e. The maximum atomic E-state index is 13.0. The van der Waals surface area contributed by atoms with E-state index in [-0.39, 0.29) is 5.56 Å². The molecule has 2 aromatic rings. The maximum absolute atomic E-state index is 13.0. The van der Waals surface area contributed by atoms with Crippen LogP contribution in [-0.4, -0.2) is 7.05 Å². The Hall–Kier alpha value is -1.75. The van der Waals surface area contributed by atoms with Gasteiger partial charge >= 0.3 is 0 Å². The smallest absolute Gasteiger partial charge is 0.194 e. The fourth-order valence-corrected chi connectivity index (χ4v) is 1.50. The van der Waals surface area contributed by atoms with Crippen LogP contribution in [0.5, 0.6) is 0 Å². The van der Waals surface area contributed by atoms with Crippen molar-refractivity contribution in [1.82, 2.24) is 5.32 Å². The summed E-state index contributed by atoms with van der Waals surface area (Å²) in [5.41, 5.74) is 0.170. The highest BCUT2D eigenvalue weighted by atomic mass is 19.2. The molecule has 0 unspecified atom stereocenters. The summed E-state index contributed by atoms with van der Waals surface area (Å²) in [4.78, 5) is 0. The van der Waals surface area contributed by atoms with Gasteiger partial charge in [0, 0.05) is 5.56 Å². The summed E-state index contributed by atoms with van der Waals surface area (Å²) in [7, 11) is 1.75. The average molecular weight is 241 g/mol. The van der Waals surface area contributed by atoms with Gasteiger partial charge in [-0.3, -0.25) is 0 Å². The number of hydrogen-bond acceptors (Lipinski definition) is 2. The molecule has 90 valence electrons. The van der Waals surface area contributed by atoms with Gasteiger partial charge in [0.1, 0.15) is 11.5 Å². The molecular weight excluding hydrogens is 231 g/mol. The van der Waals surface area contributed by atoms with Gasteiger partial charge in [0.05, 0.1) is 6.54 Å². The van der Waals surface area contributed by atoms with Crippen molar-refractivity contribution in [3.8, 4) is 11.3 Å². The third kappa shape index (κ3) is 2.34. The molecule has 0 amide bonds. The van der Waals surface area contributed by atoms with Crippen molar-refractivity contribution in [3.63, 3.8) is 0 Å². The van der Waals surface area contributed by atoms with Crippen LogP contribution < -0.4 is 5.32 Å². The standard InChI is InChI=1S/C12H10F3NO/c1-16-6-8-2-3-11(17-8)7-4-9(13)12(15)10(14)5-7/h2-5,16H,6H2,1H3. The van der Waals surface area contributed by atoms with Gasteiger partial charge in [0.15, 0.2) is 17.5 Å². The van der Waals surface area contributed by atoms with Gasteiger partial charge < -0.3 is 9.73 Å². The van der Waals surface area contributed by atoms with E-state index in [0.29, 0.717) is 18.1 Å². The Labute approximate surface area is 96.1 Å². The second-order valence-corrected chi connectivity index (χ2v) is 3.55. The molecule has 1 aromatic heterocycles. The summed E-state index contributed by atoms with van der Waals surface area (Å²) in [6, 6.07) is 5.07. The zero-order chi connectivity index (χ0) is 12.4. The highest BCUT2D eigenvalue weighted by Crippen LogP contribution is 2.25. The molecule has 1 heterocycles. The summed E-state index contributed by atoms with van der Waals surface area (Å²) in [5.74, 6) is -3.01. The second kappa shape index (κ2) is 4.63. The van der Waals surface area contributed by atoms with E-state index in [1.54, 1.807) is 19.2 Å². The number of benzene rings is 1. The lowest BCUT2D eigenvalue weighted by Gasteiger charge is -2.00. The third-order valence-corrected chi connectivity index (χ3v) is 2.28. The normalized spacial score (nSPS) is 10.8. The van der Waals surface area contributed by atoms with Gasteiger partial charge in [-0.1, -0.05) is 0 Å². The lowest BCUT2D eigenvalue weighted by atomic mass is 10.1. The average Bonchev–Trinajstić information content (AvgIpc) is 2.74. The molecule has 2 nitrogen and oxygen atoms in total. The van der Waals surface area contributed by atoms with Crippen molar-refractivity contribution in [2.45, 2.75) is 6.54 Å². The van der Waals surface area contributed by atoms with Crippen LogP contribution in [0.3, 0.4) is 0 Å². The lowest BCUT2D eigenvalue weighted by Crippen LogP contribution is -2.03. The zero-order valence-electron chi connectivity index (χ0n) is 9.06. The van der Waals surface area contributed by atoms with Gasteiger partial charge in [0.25, 0.3) is 0 Å². The lowest BCUT2D eigenvalue weighted by molar-refractivity contribution is 0.446. The van der Waals surface area contributed by atoms with Crippen LogP contribution in [0.25, 0.3) is 11.3 Å². The largest absolute Gasteiger partial charge is 0.460 e. The zero-order valence-corrected chi connectivity index (χ0v) is 9.06. The van der Waals surface area contributed by atoms with E-state index in [9.17, 15) is 13.2 Å². The molecule has 0 saturated heterocycles. The molecule has 1 N–H and O–H groups in total. The Morgan fingerprint density at radius 1 is 1.12 bits per heavy atom. The van der Waals surface area contributed by atoms with E-state index in [0.717, 1.165) is 12.1 Å². The molecule has 1 aromatic carbocycles. The minimum atomic E-state index is -1.48. The first-order valence-corrected chi connectivity index (χ1v) is 5.00. The number of hydrogen-bond donors (Lipinski definition) is 1. The Morgan fingerprint density at radius 3 is 2.35 bits per heavy atom. The first kappa shape index (κ1) is 11.7. The van der Waals surface area contributed by atoms with Gasteiger partial charge in [-0.15, -0.1) is 0 Å². The second-order valence-electron chi connectivity index (χ2n) is 3.55. The molecule has 17 heavy (non-hydrogen) atoms. The molecule has 0 aliphatic heterocycles. The van der Waals surface area contributed by atoms with Crippen LogP contribution >= 0.6 is 0 Å². The summed E-state index contributed by atoms with van der Waals surface area (Å²) in [5, 5.41) is 2.88. The summed E-state index contributed by atoms with van der Waals surface area (Å²) in [6.07, 6.45) is 0. The Bertz CT molecular complexity index is 513. The first-order chi connectivity index (χ1) is 8.11. The quantitative estimate of drug-likeness (QED) is 0.835. The molecule has 0 bridgehead atoms. The number of furan rings is 1. The Balaban J connectivity index is 2.39.